The standard InChI is InChI=1S/C26H41N3O3/c1-27(2)26(23-10-5-4-6-11-23)14-12-25(13-15-26)21-28(16-17-32-19-18-31-3)24(30)29(25)20-22-8-7-9-22/h4-6,10-11,22H,7-9,12-21H2,1-3H3. The minimum absolute atomic E-state index is 0.0342. The molecular weight excluding hydrogens is 402 g/mol. The zero-order valence-electron chi connectivity index (χ0n) is 20.2. The SMILES string of the molecule is COCCOCCN1CC2(CCC(c3ccccc3)(N(C)C)CC2)N(CC2CCC2)C1=O. The normalized spacial score (nSPS) is 28.7. The third-order valence-electron chi connectivity index (χ3n) is 8.34. The van der Waals surface area contributed by atoms with Crippen LogP contribution in [0.3, 0.4) is 0 Å². The van der Waals surface area contributed by atoms with E-state index in [-0.39, 0.29) is 17.1 Å². The van der Waals surface area contributed by atoms with E-state index in [2.05, 4.69) is 59.1 Å². The number of rotatable bonds is 10. The van der Waals surface area contributed by atoms with Crippen LogP contribution in [-0.2, 0) is 15.0 Å². The van der Waals surface area contributed by atoms with Crippen LogP contribution in [0.5, 0.6) is 0 Å². The number of ether oxygens (including phenoxy) is 2. The summed E-state index contributed by atoms with van der Waals surface area (Å²) in [6.45, 7) is 4.19. The Hall–Kier alpha value is -1.63. The number of urea groups is 1. The van der Waals surface area contributed by atoms with Crippen molar-refractivity contribution in [3.8, 4) is 0 Å². The first-order chi connectivity index (χ1) is 15.5. The Morgan fingerprint density at radius 2 is 1.75 bits per heavy atom. The van der Waals surface area contributed by atoms with E-state index in [1.54, 1.807) is 7.11 Å². The van der Waals surface area contributed by atoms with Crippen LogP contribution in [0.4, 0.5) is 4.79 Å². The van der Waals surface area contributed by atoms with Crippen LogP contribution in [0.25, 0.3) is 0 Å². The molecule has 2 saturated carbocycles. The van der Waals surface area contributed by atoms with Gasteiger partial charge in [0.15, 0.2) is 0 Å². The zero-order valence-corrected chi connectivity index (χ0v) is 20.2. The van der Waals surface area contributed by atoms with Crippen LogP contribution in [0.2, 0.25) is 0 Å². The minimum Gasteiger partial charge on any atom is -0.382 e. The number of amides is 2. The van der Waals surface area contributed by atoms with Gasteiger partial charge in [0, 0.05) is 32.3 Å². The molecule has 1 heterocycles. The monoisotopic (exact) mass is 443 g/mol. The Kier molecular flexibility index (Phi) is 7.43. The molecule has 178 valence electrons. The van der Waals surface area contributed by atoms with Crippen LogP contribution < -0.4 is 0 Å². The zero-order chi connectivity index (χ0) is 22.6. The highest BCUT2D eigenvalue weighted by molar-refractivity contribution is 5.78. The second-order valence-corrected chi connectivity index (χ2v) is 10.2. The molecule has 6 heteroatoms. The van der Waals surface area contributed by atoms with Crippen molar-refractivity contribution in [2.24, 2.45) is 5.92 Å². The lowest BCUT2D eigenvalue weighted by molar-refractivity contribution is 0.0154. The van der Waals surface area contributed by atoms with Crippen LogP contribution in [0.1, 0.15) is 50.5 Å². The average molecular weight is 444 g/mol. The fourth-order valence-corrected chi connectivity index (χ4v) is 5.98. The molecule has 0 unspecified atom stereocenters. The molecule has 2 aliphatic carbocycles. The fraction of sp³-hybridized carbons (Fsp3) is 0.731. The number of hydrogen-bond donors (Lipinski definition) is 0. The van der Waals surface area contributed by atoms with Crippen LogP contribution in [-0.4, -0.2) is 86.9 Å². The number of hydrogen-bond acceptors (Lipinski definition) is 4. The third kappa shape index (κ3) is 4.55. The number of carbonyl (C=O) groups excluding carboxylic acids is 1. The van der Waals surface area contributed by atoms with Gasteiger partial charge in [0.1, 0.15) is 0 Å². The van der Waals surface area contributed by atoms with Crippen molar-refractivity contribution in [1.29, 1.82) is 0 Å². The molecule has 2 amide bonds. The second kappa shape index (κ2) is 10.1. The Bertz CT molecular complexity index is 742. The molecule has 6 nitrogen and oxygen atoms in total. The van der Waals surface area contributed by atoms with Crippen molar-refractivity contribution < 1.29 is 14.3 Å². The first-order valence-electron chi connectivity index (χ1n) is 12.4. The highest BCUT2D eigenvalue weighted by atomic mass is 16.5. The molecule has 0 N–H and O–H groups in total. The maximum absolute atomic E-state index is 13.5. The predicted molar refractivity (Wildman–Crippen MR) is 127 cm³/mol. The van der Waals surface area contributed by atoms with E-state index in [0.29, 0.717) is 32.3 Å². The average Bonchev–Trinajstić information content (AvgIpc) is 3.02. The maximum atomic E-state index is 13.5. The Morgan fingerprint density at radius 3 is 2.34 bits per heavy atom. The van der Waals surface area contributed by atoms with Crippen molar-refractivity contribution in [3.05, 3.63) is 35.9 Å². The van der Waals surface area contributed by atoms with E-state index < -0.39 is 0 Å². The van der Waals surface area contributed by atoms with Gasteiger partial charge < -0.3 is 19.3 Å². The molecule has 3 aliphatic rings. The van der Waals surface area contributed by atoms with Gasteiger partial charge in [-0.05, 0) is 64.1 Å². The molecule has 1 aromatic carbocycles. The van der Waals surface area contributed by atoms with Gasteiger partial charge in [-0.15, -0.1) is 0 Å². The van der Waals surface area contributed by atoms with Crippen molar-refractivity contribution in [1.82, 2.24) is 14.7 Å². The Labute approximate surface area is 193 Å². The molecule has 4 rings (SSSR count). The van der Waals surface area contributed by atoms with E-state index in [0.717, 1.165) is 38.8 Å². The molecule has 0 bridgehead atoms. The molecule has 1 aromatic rings. The number of nitrogens with zero attached hydrogens (tertiary/aromatic N) is 3. The van der Waals surface area contributed by atoms with E-state index in [9.17, 15) is 4.79 Å². The van der Waals surface area contributed by atoms with Gasteiger partial charge >= 0.3 is 6.03 Å². The minimum atomic E-state index is -0.0342. The summed E-state index contributed by atoms with van der Waals surface area (Å²) in [6.07, 6.45) is 8.12. The van der Waals surface area contributed by atoms with Gasteiger partial charge in [0.25, 0.3) is 0 Å². The van der Waals surface area contributed by atoms with Gasteiger partial charge in [-0.25, -0.2) is 4.79 Å². The van der Waals surface area contributed by atoms with Crippen molar-refractivity contribution in [3.63, 3.8) is 0 Å². The molecule has 0 radical (unpaired) electrons. The van der Waals surface area contributed by atoms with Crippen molar-refractivity contribution in [2.75, 3.05) is 60.7 Å². The summed E-state index contributed by atoms with van der Waals surface area (Å²) in [5.41, 5.74) is 1.42. The molecule has 1 spiro atoms. The number of benzene rings is 1. The first-order valence-corrected chi connectivity index (χ1v) is 12.4. The summed E-state index contributed by atoms with van der Waals surface area (Å²) in [4.78, 5) is 20.2. The second-order valence-electron chi connectivity index (χ2n) is 10.2. The first kappa shape index (κ1) is 23.5. The lowest BCUT2D eigenvalue weighted by atomic mass is 9.68. The largest absolute Gasteiger partial charge is 0.382 e. The Morgan fingerprint density at radius 1 is 1.03 bits per heavy atom. The summed E-state index contributed by atoms with van der Waals surface area (Å²) in [5.74, 6) is 0.684. The lowest BCUT2D eigenvalue weighted by Gasteiger charge is -2.51. The van der Waals surface area contributed by atoms with E-state index >= 15 is 0 Å². The predicted octanol–water partition coefficient (Wildman–Crippen LogP) is 3.96. The van der Waals surface area contributed by atoms with Crippen molar-refractivity contribution in [2.45, 2.75) is 56.0 Å². The topological polar surface area (TPSA) is 45.3 Å². The quantitative estimate of drug-likeness (QED) is 0.514. The van der Waals surface area contributed by atoms with E-state index in [1.807, 2.05) is 0 Å². The molecule has 3 fully saturated rings. The third-order valence-corrected chi connectivity index (χ3v) is 8.34. The van der Waals surface area contributed by atoms with Gasteiger partial charge in [-0.2, -0.15) is 0 Å². The summed E-state index contributed by atoms with van der Waals surface area (Å²) in [6, 6.07) is 11.2. The summed E-state index contributed by atoms with van der Waals surface area (Å²) < 4.78 is 10.7. The van der Waals surface area contributed by atoms with Gasteiger partial charge in [0.2, 0.25) is 0 Å². The summed E-state index contributed by atoms with van der Waals surface area (Å²) in [5, 5.41) is 0. The molecule has 32 heavy (non-hydrogen) atoms. The van der Waals surface area contributed by atoms with Crippen LogP contribution >= 0.6 is 0 Å². The van der Waals surface area contributed by atoms with Gasteiger partial charge in [-0.3, -0.25) is 4.90 Å². The van der Waals surface area contributed by atoms with E-state index in [4.69, 9.17) is 9.47 Å². The molecule has 0 atom stereocenters. The van der Waals surface area contributed by atoms with Crippen molar-refractivity contribution >= 4 is 6.03 Å². The van der Waals surface area contributed by atoms with Crippen LogP contribution in [0, 0.1) is 5.92 Å². The Balaban J connectivity index is 1.48. The highest BCUT2D eigenvalue weighted by Gasteiger charge is 2.54. The van der Waals surface area contributed by atoms with E-state index in [1.165, 1.54) is 24.8 Å². The van der Waals surface area contributed by atoms with Gasteiger partial charge in [-0.1, -0.05) is 36.8 Å². The molecule has 0 aromatic heterocycles. The molecule has 1 saturated heterocycles. The summed E-state index contributed by atoms with van der Waals surface area (Å²) >= 11 is 0. The fourth-order valence-electron chi connectivity index (χ4n) is 5.98. The summed E-state index contributed by atoms with van der Waals surface area (Å²) in [7, 11) is 6.10. The highest BCUT2D eigenvalue weighted by Crippen LogP contribution is 2.49. The number of methoxy groups -OCH3 is 1. The molecular formula is C26H41N3O3. The smallest absolute Gasteiger partial charge is 0.320 e. The maximum Gasteiger partial charge on any atom is 0.320 e. The van der Waals surface area contributed by atoms with Gasteiger partial charge in [0.05, 0.1) is 25.4 Å². The lowest BCUT2D eigenvalue weighted by Crippen LogP contribution is -2.56. The van der Waals surface area contributed by atoms with Crippen LogP contribution in [0.15, 0.2) is 30.3 Å². The number of carbonyl (C=O) groups is 1. The molecule has 1 aliphatic heterocycles.